The summed E-state index contributed by atoms with van der Waals surface area (Å²) in [6, 6.07) is 12.2. The molecule has 27 heavy (non-hydrogen) atoms. The van der Waals surface area contributed by atoms with Gasteiger partial charge in [-0.25, -0.2) is 22.5 Å². The Hall–Kier alpha value is -3.04. The Morgan fingerprint density at radius 2 is 1.93 bits per heavy atom. The Bertz CT molecular complexity index is 1080. The molecule has 0 spiro atoms. The summed E-state index contributed by atoms with van der Waals surface area (Å²) in [5.74, 6) is 0.474. The van der Waals surface area contributed by atoms with Crippen LogP contribution in [0.4, 0.5) is 0 Å². The Morgan fingerprint density at radius 1 is 1.15 bits per heavy atom. The highest BCUT2D eigenvalue weighted by Gasteiger charge is 2.07. The SMILES string of the molecule is Cc1ccc(/C=C/S(=O)(=O)NCCn2nc(-n3cccn3)ccc2=O)cc1. The first kappa shape index (κ1) is 18.7. The van der Waals surface area contributed by atoms with Crippen LogP contribution in [0.25, 0.3) is 11.9 Å². The Labute approximate surface area is 156 Å². The second-order valence-corrected chi connectivity index (χ2v) is 7.51. The number of nitrogens with one attached hydrogen (secondary N) is 1. The zero-order valence-corrected chi connectivity index (χ0v) is 15.5. The summed E-state index contributed by atoms with van der Waals surface area (Å²) in [7, 11) is -3.62. The maximum Gasteiger partial charge on any atom is 0.266 e. The van der Waals surface area contributed by atoms with E-state index in [0.717, 1.165) is 16.5 Å². The van der Waals surface area contributed by atoms with Crippen molar-refractivity contribution in [2.75, 3.05) is 6.54 Å². The van der Waals surface area contributed by atoms with Crippen molar-refractivity contribution in [2.24, 2.45) is 0 Å². The van der Waals surface area contributed by atoms with Gasteiger partial charge in [-0.2, -0.15) is 5.10 Å². The lowest BCUT2D eigenvalue weighted by molar-refractivity contribution is 0.546. The molecule has 2 aromatic heterocycles. The number of aromatic nitrogens is 4. The van der Waals surface area contributed by atoms with E-state index in [9.17, 15) is 13.2 Å². The summed E-state index contributed by atoms with van der Waals surface area (Å²) in [6.07, 6.45) is 4.83. The Kier molecular flexibility index (Phi) is 5.63. The zero-order chi connectivity index (χ0) is 19.3. The molecule has 0 saturated heterocycles. The van der Waals surface area contributed by atoms with Gasteiger partial charge in [0, 0.05) is 30.4 Å². The summed E-state index contributed by atoms with van der Waals surface area (Å²) in [4.78, 5) is 11.9. The number of rotatable bonds is 7. The van der Waals surface area contributed by atoms with Crippen LogP contribution in [0, 0.1) is 6.92 Å². The van der Waals surface area contributed by atoms with Crippen LogP contribution in [-0.2, 0) is 16.6 Å². The van der Waals surface area contributed by atoms with Gasteiger partial charge < -0.3 is 0 Å². The van der Waals surface area contributed by atoms with Crippen molar-refractivity contribution in [2.45, 2.75) is 13.5 Å². The fraction of sp³-hybridized carbons (Fsp3) is 0.167. The highest BCUT2D eigenvalue weighted by atomic mass is 32.2. The third kappa shape index (κ3) is 5.22. The highest BCUT2D eigenvalue weighted by Crippen LogP contribution is 2.06. The first-order chi connectivity index (χ1) is 12.9. The lowest BCUT2D eigenvalue weighted by atomic mass is 10.2. The van der Waals surface area contributed by atoms with Crippen LogP contribution in [0.3, 0.4) is 0 Å². The Morgan fingerprint density at radius 3 is 2.63 bits per heavy atom. The molecule has 0 aliphatic rings. The minimum atomic E-state index is -3.62. The molecule has 0 aliphatic heterocycles. The second kappa shape index (κ2) is 8.11. The van der Waals surface area contributed by atoms with Gasteiger partial charge in [0.25, 0.3) is 5.56 Å². The number of hydrogen-bond donors (Lipinski definition) is 1. The molecule has 140 valence electrons. The van der Waals surface area contributed by atoms with Crippen LogP contribution in [0.1, 0.15) is 11.1 Å². The van der Waals surface area contributed by atoms with Crippen LogP contribution in [0.5, 0.6) is 0 Å². The van der Waals surface area contributed by atoms with Gasteiger partial charge in [-0.05, 0) is 30.7 Å². The first-order valence-electron chi connectivity index (χ1n) is 8.26. The largest absolute Gasteiger partial charge is 0.268 e. The molecule has 9 heteroatoms. The van der Waals surface area contributed by atoms with Gasteiger partial charge >= 0.3 is 0 Å². The molecule has 0 unspecified atom stereocenters. The number of aryl methyl sites for hydroxylation is 1. The van der Waals surface area contributed by atoms with Crippen LogP contribution in [0.15, 0.2) is 65.1 Å². The van der Waals surface area contributed by atoms with Crippen molar-refractivity contribution in [1.82, 2.24) is 24.3 Å². The number of benzene rings is 1. The number of nitrogens with zero attached hydrogens (tertiary/aromatic N) is 4. The maximum absolute atomic E-state index is 12.1. The lowest BCUT2D eigenvalue weighted by Crippen LogP contribution is -2.31. The molecule has 0 bridgehead atoms. The van der Waals surface area contributed by atoms with Gasteiger partial charge in [0.05, 0.1) is 6.54 Å². The van der Waals surface area contributed by atoms with Gasteiger partial charge in [0.15, 0.2) is 5.82 Å². The molecule has 0 saturated carbocycles. The third-order valence-corrected chi connectivity index (χ3v) is 4.84. The molecule has 0 atom stereocenters. The quantitative estimate of drug-likeness (QED) is 0.661. The van der Waals surface area contributed by atoms with E-state index in [1.165, 1.54) is 21.5 Å². The van der Waals surface area contributed by atoms with Gasteiger partial charge in [-0.15, -0.1) is 5.10 Å². The molecule has 2 heterocycles. The average molecular weight is 385 g/mol. The van der Waals surface area contributed by atoms with Crippen LogP contribution in [-0.4, -0.2) is 34.5 Å². The van der Waals surface area contributed by atoms with Crippen LogP contribution >= 0.6 is 0 Å². The molecular formula is C18H19N5O3S. The van der Waals surface area contributed by atoms with Gasteiger partial charge in [-0.3, -0.25) is 4.79 Å². The summed E-state index contributed by atoms with van der Waals surface area (Å²) in [5.41, 5.74) is 1.57. The standard InChI is InChI=1S/C18H19N5O3S/c1-15-3-5-16(6-4-15)9-14-27(25,26)20-11-13-23-18(24)8-7-17(21-23)22-12-2-10-19-22/h2-10,12,14,20H,11,13H2,1H3/b14-9+. The highest BCUT2D eigenvalue weighted by molar-refractivity contribution is 7.92. The predicted molar refractivity (Wildman–Crippen MR) is 103 cm³/mol. The summed E-state index contributed by atoms with van der Waals surface area (Å²) in [6.45, 7) is 2.10. The number of sulfonamides is 1. The van der Waals surface area contributed by atoms with E-state index in [0.29, 0.717) is 5.82 Å². The minimum absolute atomic E-state index is 0.0377. The average Bonchev–Trinajstić information content (AvgIpc) is 3.17. The van der Waals surface area contributed by atoms with E-state index in [-0.39, 0.29) is 18.6 Å². The fourth-order valence-corrected chi connectivity index (χ4v) is 3.12. The van der Waals surface area contributed by atoms with E-state index < -0.39 is 10.0 Å². The summed E-state index contributed by atoms with van der Waals surface area (Å²) < 4.78 is 29.3. The minimum Gasteiger partial charge on any atom is -0.268 e. The van der Waals surface area contributed by atoms with E-state index in [1.54, 1.807) is 24.5 Å². The maximum atomic E-state index is 12.1. The summed E-state index contributed by atoms with van der Waals surface area (Å²) in [5, 5.41) is 9.35. The second-order valence-electron chi connectivity index (χ2n) is 5.86. The van der Waals surface area contributed by atoms with Gasteiger partial charge in [0.1, 0.15) is 0 Å². The molecular weight excluding hydrogens is 366 g/mol. The van der Waals surface area contributed by atoms with E-state index >= 15 is 0 Å². The van der Waals surface area contributed by atoms with E-state index in [2.05, 4.69) is 14.9 Å². The van der Waals surface area contributed by atoms with E-state index in [4.69, 9.17) is 0 Å². The van der Waals surface area contributed by atoms with Crippen molar-refractivity contribution in [1.29, 1.82) is 0 Å². The van der Waals surface area contributed by atoms with Crippen molar-refractivity contribution in [3.63, 3.8) is 0 Å². The molecule has 8 nitrogen and oxygen atoms in total. The molecule has 0 radical (unpaired) electrons. The molecule has 1 aromatic carbocycles. The number of hydrogen-bond acceptors (Lipinski definition) is 5. The van der Waals surface area contributed by atoms with E-state index in [1.807, 2.05) is 31.2 Å². The smallest absolute Gasteiger partial charge is 0.266 e. The van der Waals surface area contributed by atoms with Crippen LogP contribution < -0.4 is 10.3 Å². The van der Waals surface area contributed by atoms with Crippen molar-refractivity contribution >= 4 is 16.1 Å². The first-order valence-corrected chi connectivity index (χ1v) is 9.80. The molecule has 0 fully saturated rings. The molecule has 1 N–H and O–H groups in total. The van der Waals surface area contributed by atoms with Crippen molar-refractivity contribution in [3.8, 4) is 5.82 Å². The monoisotopic (exact) mass is 385 g/mol. The van der Waals surface area contributed by atoms with Crippen LogP contribution in [0.2, 0.25) is 0 Å². The van der Waals surface area contributed by atoms with Gasteiger partial charge in [-0.1, -0.05) is 29.8 Å². The van der Waals surface area contributed by atoms with Crippen molar-refractivity contribution < 1.29 is 8.42 Å². The molecule has 3 rings (SSSR count). The van der Waals surface area contributed by atoms with Crippen molar-refractivity contribution in [3.05, 3.63) is 81.7 Å². The zero-order valence-electron chi connectivity index (χ0n) is 14.7. The predicted octanol–water partition coefficient (Wildman–Crippen LogP) is 1.33. The van der Waals surface area contributed by atoms with Gasteiger partial charge in [0.2, 0.25) is 10.0 Å². The molecule has 0 aliphatic carbocycles. The lowest BCUT2D eigenvalue weighted by Gasteiger charge is -2.07. The Balaban J connectivity index is 1.62. The fourth-order valence-electron chi connectivity index (χ4n) is 2.31. The molecule has 3 aromatic rings. The third-order valence-electron chi connectivity index (χ3n) is 3.74. The topological polar surface area (TPSA) is 98.9 Å². The normalized spacial score (nSPS) is 11.9. The summed E-state index contributed by atoms with van der Waals surface area (Å²) >= 11 is 0. The molecule has 0 amide bonds.